The summed E-state index contributed by atoms with van der Waals surface area (Å²) < 4.78 is 26.2. The van der Waals surface area contributed by atoms with Crippen LogP contribution >= 0.6 is 0 Å². The van der Waals surface area contributed by atoms with Crippen LogP contribution in [0, 0.1) is 11.6 Å². The fraction of sp³-hybridized carbons (Fsp3) is 0.214. The number of urea groups is 1. The highest BCUT2D eigenvalue weighted by molar-refractivity contribution is 5.89. The van der Waals surface area contributed by atoms with E-state index < -0.39 is 17.7 Å². The van der Waals surface area contributed by atoms with Crippen molar-refractivity contribution in [3.05, 3.63) is 47.8 Å². The monoisotopic (exact) mass is 307 g/mol. The summed E-state index contributed by atoms with van der Waals surface area (Å²) in [6.45, 7) is 0.151. The van der Waals surface area contributed by atoms with E-state index in [2.05, 4.69) is 20.6 Å². The minimum absolute atomic E-state index is 0.101. The molecule has 22 heavy (non-hydrogen) atoms. The summed E-state index contributed by atoms with van der Waals surface area (Å²) in [5.74, 6) is -1.03. The zero-order chi connectivity index (χ0) is 16.1. The summed E-state index contributed by atoms with van der Waals surface area (Å²) in [5.41, 5.74) is 0.504. The fourth-order valence-corrected chi connectivity index (χ4v) is 1.63. The highest BCUT2D eigenvalue weighted by Gasteiger charge is 2.08. The quantitative estimate of drug-likeness (QED) is 0.908. The van der Waals surface area contributed by atoms with Gasteiger partial charge in [-0.15, -0.1) is 0 Å². The number of amides is 2. The van der Waals surface area contributed by atoms with E-state index in [9.17, 15) is 13.6 Å². The van der Waals surface area contributed by atoms with Crippen LogP contribution in [0.5, 0.6) is 0 Å². The number of nitrogens with one attached hydrogen (secondary N) is 2. The van der Waals surface area contributed by atoms with Crippen molar-refractivity contribution in [2.45, 2.75) is 6.54 Å². The van der Waals surface area contributed by atoms with Gasteiger partial charge in [-0.25, -0.2) is 23.5 Å². The number of hydrogen-bond donors (Lipinski definition) is 2. The Labute approximate surface area is 126 Å². The van der Waals surface area contributed by atoms with Crippen LogP contribution in [0.3, 0.4) is 0 Å². The lowest BCUT2D eigenvalue weighted by Gasteiger charge is -2.11. The molecule has 6 nitrogen and oxygen atoms in total. The first-order valence-corrected chi connectivity index (χ1v) is 6.45. The number of nitrogens with zero attached hydrogens (tertiary/aromatic N) is 3. The zero-order valence-corrected chi connectivity index (χ0v) is 12.1. The van der Waals surface area contributed by atoms with Gasteiger partial charge in [-0.05, 0) is 18.2 Å². The lowest BCUT2D eigenvalue weighted by molar-refractivity contribution is 0.251. The van der Waals surface area contributed by atoms with Gasteiger partial charge in [0.15, 0.2) is 0 Å². The molecule has 0 aliphatic heterocycles. The van der Waals surface area contributed by atoms with Crippen molar-refractivity contribution in [3.63, 3.8) is 0 Å². The SMILES string of the molecule is CN(C)c1nccc(CNC(=O)Nc2ccc(F)cc2F)n1. The van der Waals surface area contributed by atoms with E-state index in [4.69, 9.17) is 0 Å². The van der Waals surface area contributed by atoms with Gasteiger partial charge >= 0.3 is 6.03 Å². The van der Waals surface area contributed by atoms with Gasteiger partial charge in [0.25, 0.3) is 0 Å². The number of aromatic nitrogens is 2. The van der Waals surface area contributed by atoms with Gasteiger partial charge in [0.2, 0.25) is 5.95 Å². The average molecular weight is 307 g/mol. The molecule has 0 unspecified atom stereocenters. The number of benzene rings is 1. The molecule has 0 spiro atoms. The molecular weight excluding hydrogens is 292 g/mol. The molecule has 0 radical (unpaired) electrons. The molecule has 0 fully saturated rings. The molecule has 0 bridgehead atoms. The van der Waals surface area contributed by atoms with E-state index in [1.807, 2.05) is 0 Å². The number of carbonyl (C=O) groups excluding carboxylic acids is 1. The molecule has 1 aromatic heterocycles. The van der Waals surface area contributed by atoms with Crippen LogP contribution in [0.4, 0.5) is 25.2 Å². The second-order valence-electron chi connectivity index (χ2n) is 4.67. The van der Waals surface area contributed by atoms with Crippen LogP contribution in [0.1, 0.15) is 5.69 Å². The fourth-order valence-electron chi connectivity index (χ4n) is 1.63. The second kappa shape index (κ2) is 6.79. The molecule has 2 rings (SSSR count). The van der Waals surface area contributed by atoms with Crippen molar-refractivity contribution >= 4 is 17.7 Å². The Hall–Kier alpha value is -2.77. The molecule has 2 N–H and O–H groups in total. The molecule has 1 aromatic carbocycles. The Balaban J connectivity index is 1.94. The molecule has 0 atom stereocenters. The Bertz CT molecular complexity index is 678. The number of carbonyl (C=O) groups is 1. The molecule has 116 valence electrons. The molecule has 1 heterocycles. The van der Waals surface area contributed by atoms with Gasteiger partial charge in [0.05, 0.1) is 17.9 Å². The summed E-state index contributed by atoms with van der Waals surface area (Å²) in [6, 6.07) is 3.95. The third kappa shape index (κ3) is 4.11. The Morgan fingerprint density at radius 3 is 2.73 bits per heavy atom. The first kappa shape index (κ1) is 15.6. The maximum Gasteiger partial charge on any atom is 0.319 e. The van der Waals surface area contributed by atoms with E-state index in [0.29, 0.717) is 17.7 Å². The lowest BCUT2D eigenvalue weighted by atomic mass is 10.3. The van der Waals surface area contributed by atoms with E-state index in [1.54, 1.807) is 31.3 Å². The van der Waals surface area contributed by atoms with E-state index in [1.165, 1.54) is 0 Å². The van der Waals surface area contributed by atoms with Crippen LogP contribution in [0.25, 0.3) is 0 Å². The normalized spacial score (nSPS) is 10.2. The van der Waals surface area contributed by atoms with Gasteiger partial charge in [0, 0.05) is 26.4 Å². The lowest BCUT2D eigenvalue weighted by Crippen LogP contribution is -2.29. The third-order valence-corrected chi connectivity index (χ3v) is 2.71. The van der Waals surface area contributed by atoms with Crippen molar-refractivity contribution < 1.29 is 13.6 Å². The van der Waals surface area contributed by atoms with Crippen molar-refractivity contribution in [1.82, 2.24) is 15.3 Å². The average Bonchev–Trinajstić information content (AvgIpc) is 2.48. The maximum absolute atomic E-state index is 13.4. The van der Waals surface area contributed by atoms with Crippen LogP contribution in [-0.2, 0) is 6.54 Å². The summed E-state index contributed by atoms with van der Waals surface area (Å²) in [5, 5.41) is 4.84. The van der Waals surface area contributed by atoms with Crippen molar-refractivity contribution in [2.24, 2.45) is 0 Å². The van der Waals surface area contributed by atoms with Crippen LogP contribution in [0.2, 0.25) is 0 Å². The van der Waals surface area contributed by atoms with E-state index in [0.717, 1.165) is 12.1 Å². The number of halogens is 2. The summed E-state index contributed by atoms with van der Waals surface area (Å²) in [7, 11) is 3.60. The first-order chi connectivity index (χ1) is 10.5. The maximum atomic E-state index is 13.4. The topological polar surface area (TPSA) is 70.2 Å². The van der Waals surface area contributed by atoms with Gasteiger partial charge in [-0.1, -0.05) is 0 Å². The predicted molar refractivity (Wildman–Crippen MR) is 78.6 cm³/mol. The van der Waals surface area contributed by atoms with Crippen LogP contribution in [-0.4, -0.2) is 30.1 Å². The smallest absolute Gasteiger partial charge is 0.319 e. The molecule has 8 heteroatoms. The number of hydrogen-bond acceptors (Lipinski definition) is 4. The number of anilines is 2. The summed E-state index contributed by atoms with van der Waals surface area (Å²) in [4.78, 5) is 21.7. The molecule has 2 amide bonds. The van der Waals surface area contributed by atoms with Gasteiger partial charge in [-0.3, -0.25) is 0 Å². The zero-order valence-electron chi connectivity index (χ0n) is 12.1. The highest BCUT2D eigenvalue weighted by Crippen LogP contribution is 2.14. The molecule has 0 saturated heterocycles. The largest absolute Gasteiger partial charge is 0.347 e. The van der Waals surface area contributed by atoms with Crippen LogP contribution in [0.15, 0.2) is 30.5 Å². The summed E-state index contributed by atoms with van der Waals surface area (Å²) >= 11 is 0. The third-order valence-electron chi connectivity index (χ3n) is 2.71. The van der Waals surface area contributed by atoms with E-state index >= 15 is 0 Å². The van der Waals surface area contributed by atoms with Gasteiger partial charge in [-0.2, -0.15) is 0 Å². The van der Waals surface area contributed by atoms with Crippen molar-refractivity contribution in [3.8, 4) is 0 Å². The van der Waals surface area contributed by atoms with Crippen molar-refractivity contribution in [2.75, 3.05) is 24.3 Å². The predicted octanol–water partition coefficient (Wildman–Crippen LogP) is 2.14. The Morgan fingerprint density at radius 1 is 1.27 bits per heavy atom. The highest BCUT2D eigenvalue weighted by atomic mass is 19.1. The van der Waals surface area contributed by atoms with Crippen molar-refractivity contribution in [1.29, 1.82) is 0 Å². The van der Waals surface area contributed by atoms with Crippen LogP contribution < -0.4 is 15.5 Å². The minimum Gasteiger partial charge on any atom is -0.347 e. The molecule has 0 aliphatic rings. The Kier molecular flexibility index (Phi) is 4.82. The minimum atomic E-state index is -0.841. The standard InChI is InChI=1S/C14H15F2N5O/c1-21(2)13-17-6-5-10(19-13)8-18-14(22)20-12-4-3-9(15)7-11(12)16/h3-7H,8H2,1-2H3,(H2,18,20,22). The first-order valence-electron chi connectivity index (χ1n) is 6.45. The summed E-state index contributed by atoms with van der Waals surface area (Å²) in [6.07, 6.45) is 1.58. The number of rotatable bonds is 4. The molecule has 0 saturated carbocycles. The van der Waals surface area contributed by atoms with Gasteiger partial charge in [0.1, 0.15) is 11.6 Å². The van der Waals surface area contributed by atoms with Gasteiger partial charge < -0.3 is 15.5 Å². The Morgan fingerprint density at radius 2 is 2.05 bits per heavy atom. The van der Waals surface area contributed by atoms with E-state index in [-0.39, 0.29) is 12.2 Å². The molecular formula is C14H15F2N5O. The second-order valence-corrected chi connectivity index (χ2v) is 4.67. The molecule has 0 aliphatic carbocycles. The molecule has 2 aromatic rings.